The molecule has 0 saturated carbocycles. The lowest BCUT2D eigenvalue weighted by Gasteiger charge is -2.07. The second-order valence-electron chi connectivity index (χ2n) is 7.14. The number of unbranched alkanes of at least 4 members (excludes halogenated alkanes) is 13. The van der Waals surface area contributed by atoms with Crippen molar-refractivity contribution in [3.8, 4) is 0 Å². The molecule has 1 aliphatic carbocycles. The third-order valence-corrected chi connectivity index (χ3v) is 5.13. The van der Waals surface area contributed by atoms with Crippen molar-refractivity contribution in [3.05, 3.63) is 24.3 Å². The summed E-state index contributed by atoms with van der Waals surface area (Å²) in [5, 5.41) is 0. The van der Waals surface area contributed by atoms with E-state index in [1.54, 1.807) is 0 Å². The molecule has 0 spiro atoms. The first kappa shape index (κ1) is 22.3. The topological polar surface area (TPSA) is 26.3 Å². The minimum absolute atomic E-state index is 0.105. The van der Waals surface area contributed by atoms with Gasteiger partial charge in [-0.1, -0.05) is 101 Å². The molecule has 2 nitrogen and oxygen atoms in total. The molecule has 0 unspecified atom stereocenters. The van der Waals surface area contributed by atoms with Gasteiger partial charge in [0.05, 0.1) is 12.5 Å². The van der Waals surface area contributed by atoms with Crippen LogP contribution in [0.5, 0.6) is 0 Å². The first-order valence-electron chi connectivity index (χ1n) is 10.5. The summed E-state index contributed by atoms with van der Waals surface area (Å²) in [7, 11) is 0. The van der Waals surface area contributed by atoms with Crippen LogP contribution in [0.3, 0.4) is 0 Å². The first-order valence-corrected chi connectivity index (χ1v) is 11.1. The molecule has 0 aromatic heterocycles. The SMILES string of the molecule is O=C(OCCCCCCCCCCCCCCCCS)C1C=CC=C1. The molecule has 3 heteroatoms. The number of esters is 1. The minimum Gasteiger partial charge on any atom is -0.465 e. The maximum atomic E-state index is 11.7. The van der Waals surface area contributed by atoms with Gasteiger partial charge in [-0.15, -0.1) is 0 Å². The normalized spacial score (nSPS) is 13.6. The van der Waals surface area contributed by atoms with E-state index in [1.807, 2.05) is 24.3 Å². The molecule has 25 heavy (non-hydrogen) atoms. The van der Waals surface area contributed by atoms with Crippen LogP contribution >= 0.6 is 12.6 Å². The molecule has 0 radical (unpaired) electrons. The summed E-state index contributed by atoms with van der Waals surface area (Å²) in [5.41, 5.74) is 0. The number of ether oxygens (including phenoxy) is 1. The molecule has 0 aliphatic heterocycles. The van der Waals surface area contributed by atoms with Gasteiger partial charge in [-0.05, 0) is 18.6 Å². The van der Waals surface area contributed by atoms with Gasteiger partial charge in [0.25, 0.3) is 0 Å². The van der Waals surface area contributed by atoms with Crippen LogP contribution in [0.25, 0.3) is 0 Å². The fourth-order valence-electron chi connectivity index (χ4n) is 3.19. The number of rotatable bonds is 17. The Morgan fingerprint density at radius 3 is 1.52 bits per heavy atom. The zero-order valence-electron chi connectivity index (χ0n) is 16.0. The van der Waals surface area contributed by atoms with Gasteiger partial charge in [-0.3, -0.25) is 4.79 Å². The van der Waals surface area contributed by atoms with E-state index >= 15 is 0 Å². The van der Waals surface area contributed by atoms with Crippen molar-refractivity contribution < 1.29 is 9.53 Å². The van der Waals surface area contributed by atoms with Gasteiger partial charge in [-0.25, -0.2) is 0 Å². The van der Waals surface area contributed by atoms with E-state index in [0.29, 0.717) is 6.61 Å². The lowest BCUT2D eigenvalue weighted by molar-refractivity contribution is -0.145. The summed E-state index contributed by atoms with van der Waals surface area (Å²) < 4.78 is 5.29. The van der Waals surface area contributed by atoms with Gasteiger partial charge >= 0.3 is 5.97 Å². The van der Waals surface area contributed by atoms with Gasteiger partial charge in [0.15, 0.2) is 0 Å². The second-order valence-corrected chi connectivity index (χ2v) is 7.58. The average Bonchev–Trinajstić information content (AvgIpc) is 3.16. The Bertz CT molecular complexity index is 364. The average molecular weight is 367 g/mol. The fraction of sp³-hybridized carbons (Fsp3) is 0.773. The van der Waals surface area contributed by atoms with E-state index < -0.39 is 0 Å². The zero-order chi connectivity index (χ0) is 18.0. The highest BCUT2D eigenvalue weighted by molar-refractivity contribution is 7.80. The predicted molar refractivity (Wildman–Crippen MR) is 111 cm³/mol. The van der Waals surface area contributed by atoms with Crippen LogP contribution in [0.4, 0.5) is 0 Å². The Hall–Kier alpha value is -0.700. The van der Waals surface area contributed by atoms with Crippen LogP contribution in [0, 0.1) is 5.92 Å². The molecule has 0 N–H and O–H groups in total. The van der Waals surface area contributed by atoms with E-state index in [0.717, 1.165) is 12.2 Å². The van der Waals surface area contributed by atoms with Crippen molar-refractivity contribution in [1.82, 2.24) is 0 Å². The van der Waals surface area contributed by atoms with Gasteiger partial charge in [0.2, 0.25) is 0 Å². The number of allylic oxidation sites excluding steroid dienone is 2. The molecular weight excluding hydrogens is 328 g/mol. The molecule has 1 rings (SSSR count). The molecule has 1 aliphatic rings. The van der Waals surface area contributed by atoms with Crippen LogP contribution < -0.4 is 0 Å². The van der Waals surface area contributed by atoms with E-state index in [-0.39, 0.29) is 11.9 Å². The maximum absolute atomic E-state index is 11.7. The molecule has 0 saturated heterocycles. The number of hydrogen-bond acceptors (Lipinski definition) is 3. The van der Waals surface area contributed by atoms with E-state index in [2.05, 4.69) is 12.6 Å². The summed E-state index contributed by atoms with van der Waals surface area (Å²) in [6.45, 7) is 0.574. The van der Waals surface area contributed by atoms with Gasteiger partial charge in [0.1, 0.15) is 0 Å². The monoisotopic (exact) mass is 366 g/mol. The molecule has 0 bridgehead atoms. The Morgan fingerprint density at radius 2 is 1.08 bits per heavy atom. The maximum Gasteiger partial charge on any atom is 0.316 e. The second kappa shape index (κ2) is 16.8. The predicted octanol–water partition coefficient (Wildman–Crippen LogP) is 6.66. The van der Waals surface area contributed by atoms with Crippen molar-refractivity contribution in [2.75, 3.05) is 12.4 Å². The Balaban J connectivity index is 1.71. The van der Waals surface area contributed by atoms with Crippen LogP contribution in [-0.4, -0.2) is 18.3 Å². The third-order valence-electron chi connectivity index (χ3n) is 4.82. The zero-order valence-corrected chi connectivity index (χ0v) is 16.9. The lowest BCUT2D eigenvalue weighted by atomic mass is 10.0. The van der Waals surface area contributed by atoms with Crippen molar-refractivity contribution in [1.29, 1.82) is 0 Å². The smallest absolute Gasteiger partial charge is 0.316 e. The molecule has 144 valence electrons. The van der Waals surface area contributed by atoms with E-state index in [4.69, 9.17) is 4.74 Å². The van der Waals surface area contributed by atoms with Crippen LogP contribution in [0.2, 0.25) is 0 Å². The largest absolute Gasteiger partial charge is 0.465 e. The quantitative estimate of drug-likeness (QED) is 0.177. The molecular formula is C22H38O2S. The molecule has 0 atom stereocenters. The Morgan fingerprint density at radius 1 is 0.680 bits per heavy atom. The number of thiol groups is 1. The van der Waals surface area contributed by atoms with Crippen LogP contribution in [0.1, 0.15) is 89.9 Å². The van der Waals surface area contributed by atoms with Gasteiger partial charge in [0, 0.05) is 0 Å². The molecule has 0 fully saturated rings. The van der Waals surface area contributed by atoms with Gasteiger partial charge < -0.3 is 4.74 Å². The summed E-state index contributed by atoms with van der Waals surface area (Å²) >= 11 is 4.24. The van der Waals surface area contributed by atoms with Crippen molar-refractivity contribution >= 4 is 18.6 Å². The standard InChI is InChI=1S/C22H38O2S/c23-22(21-17-13-14-18-21)24-19-15-11-9-7-5-3-1-2-4-6-8-10-12-16-20-25/h13-14,17-18,21,25H,1-12,15-16,19-20H2. The summed E-state index contributed by atoms with van der Waals surface area (Å²) in [6.07, 6.45) is 26.2. The highest BCUT2D eigenvalue weighted by Crippen LogP contribution is 2.14. The lowest BCUT2D eigenvalue weighted by Crippen LogP contribution is -2.13. The molecule has 0 heterocycles. The summed E-state index contributed by atoms with van der Waals surface area (Å²) in [6, 6.07) is 0. The molecule has 0 aromatic rings. The number of hydrogen-bond donors (Lipinski definition) is 1. The highest BCUT2D eigenvalue weighted by Gasteiger charge is 2.14. The van der Waals surface area contributed by atoms with Crippen molar-refractivity contribution in [3.63, 3.8) is 0 Å². The van der Waals surface area contributed by atoms with Crippen LogP contribution in [-0.2, 0) is 9.53 Å². The third kappa shape index (κ3) is 13.2. The minimum atomic E-state index is -0.145. The molecule has 0 amide bonds. The fourth-order valence-corrected chi connectivity index (χ4v) is 3.42. The van der Waals surface area contributed by atoms with Crippen molar-refractivity contribution in [2.45, 2.75) is 89.9 Å². The highest BCUT2D eigenvalue weighted by atomic mass is 32.1. The van der Waals surface area contributed by atoms with Gasteiger partial charge in [-0.2, -0.15) is 12.6 Å². The molecule has 0 aromatic carbocycles. The number of carbonyl (C=O) groups is 1. The summed E-state index contributed by atoms with van der Waals surface area (Å²) in [5.74, 6) is 0.792. The Labute approximate surface area is 160 Å². The van der Waals surface area contributed by atoms with Crippen molar-refractivity contribution in [2.24, 2.45) is 5.92 Å². The summed E-state index contributed by atoms with van der Waals surface area (Å²) in [4.78, 5) is 11.7. The Kier molecular flexibility index (Phi) is 15.0. The van der Waals surface area contributed by atoms with E-state index in [9.17, 15) is 4.79 Å². The first-order chi connectivity index (χ1) is 12.3. The van der Waals surface area contributed by atoms with Crippen LogP contribution in [0.15, 0.2) is 24.3 Å². The van der Waals surface area contributed by atoms with E-state index in [1.165, 1.54) is 83.5 Å². The number of carbonyl (C=O) groups excluding carboxylic acids is 1.